The molecule has 0 saturated carbocycles. The van der Waals surface area contributed by atoms with Crippen LogP contribution in [-0.2, 0) is 4.74 Å². The molecule has 1 unspecified atom stereocenters. The van der Waals surface area contributed by atoms with Gasteiger partial charge in [-0.15, -0.1) is 0 Å². The van der Waals surface area contributed by atoms with Crippen LogP contribution in [0.2, 0.25) is 10.0 Å². The molecule has 0 radical (unpaired) electrons. The fourth-order valence-electron chi connectivity index (χ4n) is 2.00. The summed E-state index contributed by atoms with van der Waals surface area (Å²) in [5.74, 6) is 0.662. The van der Waals surface area contributed by atoms with Gasteiger partial charge in [0, 0.05) is 31.2 Å². The first-order valence-electron chi connectivity index (χ1n) is 6.31. The number of ether oxygens (including phenoxy) is 2. The third-order valence-electron chi connectivity index (χ3n) is 3.04. The lowest BCUT2D eigenvalue weighted by Gasteiger charge is -2.32. The molecule has 2 rings (SSSR count). The maximum absolute atomic E-state index is 6.04. The highest BCUT2D eigenvalue weighted by Gasteiger charge is 2.18. The van der Waals surface area contributed by atoms with Crippen LogP contribution in [0.15, 0.2) is 18.2 Å². The largest absolute Gasteiger partial charge is 0.491 e. The van der Waals surface area contributed by atoms with Crippen LogP contribution in [0, 0.1) is 0 Å². The van der Waals surface area contributed by atoms with Gasteiger partial charge in [-0.1, -0.05) is 23.2 Å². The SMILES string of the molecule is NCC1CN(CCOc2ccc(Cl)cc2Cl)CCO1. The maximum atomic E-state index is 6.04. The van der Waals surface area contributed by atoms with Gasteiger partial charge in [-0.2, -0.15) is 0 Å². The summed E-state index contributed by atoms with van der Waals surface area (Å²) in [4.78, 5) is 2.28. The summed E-state index contributed by atoms with van der Waals surface area (Å²) in [6.07, 6.45) is 0.132. The second-order valence-electron chi connectivity index (χ2n) is 4.45. The van der Waals surface area contributed by atoms with Crippen molar-refractivity contribution in [2.24, 2.45) is 5.73 Å². The fourth-order valence-corrected chi connectivity index (χ4v) is 2.47. The highest BCUT2D eigenvalue weighted by atomic mass is 35.5. The van der Waals surface area contributed by atoms with Crippen molar-refractivity contribution in [3.8, 4) is 5.75 Å². The average Bonchev–Trinajstić information content (AvgIpc) is 2.41. The van der Waals surface area contributed by atoms with Crippen molar-refractivity contribution in [3.05, 3.63) is 28.2 Å². The van der Waals surface area contributed by atoms with Crippen molar-refractivity contribution in [1.82, 2.24) is 4.90 Å². The zero-order valence-corrected chi connectivity index (χ0v) is 12.2. The molecular formula is C13H18Cl2N2O2. The van der Waals surface area contributed by atoms with E-state index >= 15 is 0 Å². The molecule has 4 nitrogen and oxygen atoms in total. The molecule has 1 aromatic rings. The number of hydrogen-bond acceptors (Lipinski definition) is 4. The van der Waals surface area contributed by atoms with E-state index in [1.807, 2.05) is 0 Å². The van der Waals surface area contributed by atoms with E-state index in [0.29, 0.717) is 28.9 Å². The van der Waals surface area contributed by atoms with Crippen LogP contribution in [0.3, 0.4) is 0 Å². The lowest BCUT2D eigenvalue weighted by atomic mass is 10.3. The lowest BCUT2D eigenvalue weighted by molar-refractivity contribution is -0.0261. The zero-order valence-electron chi connectivity index (χ0n) is 10.6. The van der Waals surface area contributed by atoms with Gasteiger partial charge in [0.2, 0.25) is 0 Å². The van der Waals surface area contributed by atoms with Crippen molar-refractivity contribution in [3.63, 3.8) is 0 Å². The predicted octanol–water partition coefficient (Wildman–Crippen LogP) is 2.03. The van der Waals surface area contributed by atoms with E-state index in [9.17, 15) is 0 Å². The van der Waals surface area contributed by atoms with Crippen LogP contribution in [0.5, 0.6) is 5.75 Å². The monoisotopic (exact) mass is 304 g/mol. The van der Waals surface area contributed by atoms with Crippen molar-refractivity contribution < 1.29 is 9.47 Å². The summed E-state index contributed by atoms with van der Waals surface area (Å²) in [7, 11) is 0. The zero-order chi connectivity index (χ0) is 13.7. The van der Waals surface area contributed by atoms with E-state index in [4.69, 9.17) is 38.4 Å². The Balaban J connectivity index is 1.76. The summed E-state index contributed by atoms with van der Waals surface area (Å²) in [6.45, 7) is 4.46. The average molecular weight is 305 g/mol. The molecule has 1 aromatic carbocycles. The molecule has 0 bridgehead atoms. The third kappa shape index (κ3) is 4.51. The van der Waals surface area contributed by atoms with Crippen LogP contribution >= 0.6 is 23.2 Å². The molecule has 0 aromatic heterocycles. The maximum Gasteiger partial charge on any atom is 0.138 e. The highest BCUT2D eigenvalue weighted by molar-refractivity contribution is 6.35. The number of nitrogens with two attached hydrogens (primary N) is 1. The molecular weight excluding hydrogens is 287 g/mol. The first-order valence-corrected chi connectivity index (χ1v) is 7.06. The number of rotatable bonds is 5. The van der Waals surface area contributed by atoms with E-state index in [1.165, 1.54) is 0 Å². The normalized spacial score (nSPS) is 20.5. The van der Waals surface area contributed by atoms with Crippen LogP contribution in [0.4, 0.5) is 0 Å². The number of nitrogens with zero attached hydrogens (tertiary/aromatic N) is 1. The topological polar surface area (TPSA) is 47.7 Å². The molecule has 2 N–H and O–H groups in total. The fraction of sp³-hybridized carbons (Fsp3) is 0.538. The van der Waals surface area contributed by atoms with E-state index in [-0.39, 0.29) is 6.10 Å². The second-order valence-corrected chi connectivity index (χ2v) is 5.30. The minimum Gasteiger partial charge on any atom is -0.491 e. The summed E-state index contributed by atoms with van der Waals surface area (Å²) in [6, 6.07) is 5.23. The van der Waals surface area contributed by atoms with Crippen molar-refractivity contribution in [1.29, 1.82) is 0 Å². The van der Waals surface area contributed by atoms with Crippen LogP contribution in [0.25, 0.3) is 0 Å². The Morgan fingerprint density at radius 1 is 1.42 bits per heavy atom. The van der Waals surface area contributed by atoms with Gasteiger partial charge in [0.15, 0.2) is 0 Å². The number of hydrogen-bond donors (Lipinski definition) is 1. The molecule has 6 heteroatoms. The number of morpholine rings is 1. The van der Waals surface area contributed by atoms with Gasteiger partial charge in [-0.25, -0.2) is 0 Å². The highest BCUT2D eigenvalue weighted by Crippen LogP contribution is 2.27. The molecule has 0 spiro atoms. The molecule has 0 aliphatic carbocycles. The second kappa shape index (κ2) is 7.31. The number of halogens is 2. The Labute approximate surface area is 123 Å². The van der Waals surface area contributed by atoms with Crippen molar-refractivity contribution >= 4 is 23.2 Å². The molecule has 1 fully saturated rings. The summed E-state index contributed by atoms with van der Waals surface area (Å²) >= 11 is 11.9. The lowest BCUT2D eigenvalue weighted by Crippen LogP contribution is -2.46. The Morgan fingerprint density at radius 3 is 3.00 bits per heavy atom. The van der Waals surface area contributed by atoms with E-state index in [0.717, 1.165) is 26.2 Å². The molecule has 0 amide bonds. The third-order valence-corrected chi connectivity index (χ3v) is 3.58. The van der Waals surface area contributed by atoms with Crippen molar-refractivity contribution in [2.45, 2.75) is 6.10 Å². The summed E-state index contributed by atoms with van der Waals surface area (Å²) in [5, 5.41) is 1.14. The number of benzene rings is 1. The Morgan fingerprint density at radius 2 is 2.26 bits per heavy atom. The quantitative estimate of drug-likeness (QED) is 0.904. The summed E-state index contributed by atoms with van der Waals surface area (Å²) in [5.41, 5.74) is 5.61. The molecule has 106 valence electrons. The molecule has 1 heterocycles. The Kier molecular flexibility index (Phi) is 5.73. The van der Waals surface area contributed by atoms with Gasteiger partial charge in [-0.3, -0.25) is 4.90 Å². The van der Waals surface area contributed by atoms with Crippen LogP contribution < -0.4 is 10.5 Å². The first kappa shape index (κ1) is 14.9. The van der Waals surface area contributed by atoms with Crippen molar-refractivity contribution in [2.75, 3.05) is 39.4 Å². The van der Waals surface area contributed by atoms with Gasteiger partial charge in [-0.05, 0) is 18.2 Å². The van der Waals surface area contributed by atoms with Gasteiger partial charge < -0.3 is 15.2 Å². The standard InChI is InChI=1S/C13H18Cl2N2O2/c14-10-1-2-13(12(15)7-10)19-6-4-17-3-5-18-11(8-16)9-17/h1-2,7,11H,3-6,8-9,16H2. The van der Waals surface area contributed by atoms with Crippen LogP contribution in [0.1, 0.15) is 0 Å². The van der Waals surface area contributed by atoms with E-state index < -0.39 is 0 Å². The van der Waals surface area contributed by atoms with Gasteiger partial charge in [0.05, 0.1) is 17.7 Å². The molecule has 1 aliphatic rings. The first-order chi connectivity index (χ1) is 9.19. The minimum absolute atomic E-state index is 0.132. The van der Waals surface area contributed by atoms with Gasteiger partial charge >= 0.3 is 0 Å². The Bertz CT molecular complexity index is 418. The molecule has 1 saturated heterocycles. The minimum atomic E-state index is 0.132. The summed E-state index contributed by atoms with van der Waals surface area (Å²) < 4.78 is 11.2. The molecule has 1 aliphatic heterocycles. The van der Waals surface area contributed by atoms with Gasteiger partial charge in [0.1, 0.15) is 12.4 Å². The van der Waals surface area contributed by atoms with E-state index in [1.54, 1.807) is 18.2 Å². The predicted molar refractivity (Wildman–Crippen MR) is 77.2 cm³/mol. The molecule has 19 heavy (non-hydrogen) atoms. The van der Waals surface area contributed by atoms with Crippen LogP contribution in [-0.4, -0.2) is 50.4 Å². The van der Waals surface area contributed by atoms with E-state index in [2.05, 4.69) is 4.90 Å². The smallest absolute Gasteiger partial charge is 0.138 e. The Hall–Kier alpha value is -0.520. The van der Waals surface area contributed by atoms with Gasteiger partial charge in [0.25, 0.3) is 0 Å². The molecule has 1 atom stereocenters.